The fourth-order valence-electron chi connectivity index (χ4n) is 5.25. The molecule has 1 aliphatic carbocycles. The molecular weight excluding hydrogens is 440 g/mol. The molecule has 1 N–H and O–H groups in total. The van der Waals surface area contributed by atoms with E-state index >= 15 is 0 Å². The number of hydrogen-bond acceptors (Lipinski definition) is 4. The number of pyridine rings is 2. The lowest BCUT2D eigenvalue weighted by atomic mass is 9.90. The predicted octanol–water partition coefficient (Wildman–Crippen LogP) is 6.28. The van der Waals surface area contributed by atoms with Crippen LogP contribution in [0.5, 0.6) is 0 Å². The molecule has 1 unspecified atom stereocenters. The van der Waals surface area contributed by atoms with E-state index in [1.54, 1.807) is 0 Å². The second kappa shape index (κ2) is 12.6. The first-order chi connectivity index (χ1) is 17.8. The van der Waals surface area contributed by atoms with Crippen molar-refractivity contribution in [1.29, 1.82) is 0 Å². The van der Waals surface area contributed by atoms with Crippen molar-refractivity contribution in [3.63, 3.8) is 0 Å². The molecule has 5 rings (SSSR count). The van der Waals surface area contributed by atoms with Crippen molar-refractivity contribution >= 4 is 0 Å². The van der Waals surface area contributed by atoms with Crippen LogP contribution in [0.3, 0.4) is 0 Å². The van der Waals surface area contributed by atoms with Gasteiger partial charge in [0.05, 0.1) is 17.4 Å². The summed E-state index contributed by atoms with van der Waals surface area (Å²) in [5.41, 5.74) is 7.87. The molecule has 0 saturated heterocycles. The Morgan fingerprint density at radius 2 is 1.56 bits per heavy atom. The summed E-state index contributed by atoms with van der Waals surface area (Å²) in [5, 5.41) is 3.50. The van der Waals surface area contributed by atoms with Gasteiger partial charge in [-0.1, -0.05) is 66.7 Å². The number of aromatic nitrogens is 2. The Balaban J connectivity index is 1.24. The first kappa shape index (κ1) is 24.4. The molecule has 0 radical (unpaired) electrons. The van der Waals surface area contributed by atoms with E-state index in [0.29, 0.717) is 6.04 Å². The number of nitrogens with one attached hydrogen (secondary N) is 1. The van der Waals surface area contributed by atoms with Crippen LogP contribution in [-0.4, -0.2) is 21.4 Å². The van der Waals surface area contributed by atoms with Crippen molar-refractivity contribution in [1.82, 2.24) is 20.2 Å². The Labute approximate surface area is 215 Å². The second-order valence-electron chi connectivity index (χ2n) is 9.76. The molecule has 4 nitrogen and oxygen atoms in total. The smallest absolute Gasteiger partial charge is 0.0607 e. The van der Waals surface area contributed by atoms with E-state index in [1.165, 1.54) is 40.8 Å². The van der Waals surface area contributed by atoms with Gasteiger partial charge in [0.1, 0.15) is 0 Å². The first-order valence-corrected chi connectivity index (χ1v) is 13.3. The van der Waals surface area contributed by atoms with Gasteiger partial charge in [-0.2, -0.15) is 0 Å². The molecule has 36 heavy (non-hydrogen) atoms. The Hall–Kier alpha value is -3.34. The molecule has 0 bridgehead atoms. The number of aryl methyl sites for hydroxylation is 2. The molecular formula is C32H36N4. The quantitative estimate of drug-likeness (QED) is 0.277. The van der Waals surface area contributed by atoms with Gasteiger partial charge in [0, 0.05) is 32.0 Å². The average Bonchev–Trinajstić information content (AvgIpc) is 2.94. The summed E-state index contributed by atoms with van der Waals surface area (Å²) in [7, 11) is 0. The minimum Gasteiger partial charge on any atom is -0.307 e. The number of fused-ring (bicyclic) bond motifs is 1. The summed E-state index contributed by atoms with van der Waals surface area (Å²) in [5.74, 6) is 0. The summed E-state index contributed by atoms with van der Waals surface area (Å²) >= 11 is 0. The van der Waals surface area contributed by atoms with E-state index in [0.717, 1.165) is 51.1 Å². The molecule has 184 valence electrons. The molecule has 4 aromatic rings. The Morgan fingerprint density at radius 1 is 0.750 bits per heavy atom. The van der Waals surface area contributed by atoms with Gasteiger partial charge in [-0.15, -0.1) is 0 Å². The zero-order valence-corrected chi connectivity index (χ0v) is 21.0. The monoisotopic (exact) mass is 476 g/mol. The van der Waals surface area contributed by atoms with Gasteiger partial charge in [0.25, 0.3) is 0 Å². The highest BCUT2D eigenvalue weighted by molar-refractivity contribution is 5.27. The highest BCUT2D eigenvalue weighted by Crippen LogP contribution is 2.34. The highest BCUT2D eigenvalue weighted by atomic mass is 15.2. The van der Waals surface area contributed by atoms with Crippen molar-refractivity contribution < 1.29 is 0 Å². The Bertz CT molecular complexity index is 1190. The molecule has 0 fully saturated rings. The number of hydrogen-bond donors (Lipinski definition) is 1. The second-order valence-corrected chi connectivity index (χ2v) is 9.76. The molecule has 4 heteroatoms. The summed E-state index contributed by atoms with van der Waals surface area (Å²) < 4.78 is 0. The first-order valence-electron chi connectivity index (χ1n) is 13.3. The predicted molar refractivity (Wildman–Crippen MR) is 146 cm³/mol. The summed E-state index contributed by atoms with van der Waals surface area (Å²) in [4.78, 5) is 11.9. The van der Waals surface area contributed by atoms with Gasteiger partial charge in [0.2, 0.25) is 0 Å². The zero-order valence-electron chi connectivity index (χ0n) is 21.0. The zero-order chi connectivity index (χ0) is 24.4. The van der Waals surface area contributed by atoms with Crippen LogP contribution in [-0.2, 0) is 32.5 Å². The standard InChI is InChI=1S/C32H36N4/c1-2-9-26(10-3-1)11-8-22-36(31-15-6-12-29-13-7-21-35-32(29)31)25-28-18-16-27(17-19-28)23-33-24-30-14-4-5-20-34-30/h1-5,7,9-10,13-14,16-21,31,33H,6,8,11-12,15,22-25H2. The minimum absolute atomic E-state index is 0.394. The third-order valence-electron chi connectivity index (χ3n) is 7.13. The molecule has 0 aliphatic heterocycles. The van der Waals surface area contributed by atoms with Crippen LogP contribution in [0.25, 0.3) is 0 Å². The highest BCUT2D eigenvalue weighted by Gasteiger charge is 2.27. The van der Waals surface area contributed by atoms with Crippen molar-refractivity contribution in [3.05, 3.63) is 131 Å². The van der Waals surface area contributed by atoms with Crippen molar-refractivity contribution in [2.75, 3.05) is 6.54 Å². The van der Waals surface area contributed by atoms with Crippen LogP contribution in [0.1, 0.15) is 58.9 Å². The van der Waals surface area contributed by atoms with Crippen LogP contribution in [0.4, 0.5) is 0 Å². The lowest BCUT2D eigenvalue weighted by Crippen LogP contribution is -2.32. The van der Waals surface area contributed by atoms with Crippen molar-refractivity contribution in [2.45, 2.75) is 57.8 Å². The maximum absolute atomic E-state index is 4.85. The van der Waals surface area contributed by atoms with Crippen LogP contribution in [0.2, 0.25) is 0 Å². The maximum atomic E-state index is 4.85. The normalized spacial score (nSPS) is 15.1. The summed E-state index contributed by atoms with van der Waals surface area (Å²) in [6.45, 7) is 3.66. The molecule has 0 spiro atoms. The average molecular weight is 477 g/mol. The molecule has 2 heterocycles. The molecule has 0 amide bonds. The maximum Gasteiger partial charge on any atom is 0.0607 e. The van der Waals surface area contributed by atoms with E-state index in [-0.39, 0.29) is 0 Å². The van der Waals surface area contributed by atoms with E-state index in [2.05, 4.69) is 88.0 Å². The van der Waals surface area contributed by atoms with E-state index < -0.39 is 0 Å². The van der Waals surface area contributed by atoms with E-state index in [9.17, 15) is 0 Å². The van der Waals surface area contributed by atoms with Gasteiger partial charge >= 0.3 is 0 Å². The third-order valence-corrected chi connectivity index (χ3v) is 7.13. The number of nitrogens with zero attached hydrogens (tertiary/aromatic N) is 3. The van der Waals surface area contributed by atoms with Crippen LogP contribution in [0, 0.1) is 0 Å². The van der Waals surface area contributed by atoms with Crippen LogP contribution < -0.4 is 5.32 Å². The minimum atomic E-state index is 0.394. The van der Waals surface area contributed by atoms with E-state index in [4.69, 9.17) is 4.98 Å². The van der Waals surface area contributed by atoms with Crippen LogP contribution >= 0.6 is 0 Å². The SMILES string of the molecule is c1ccc(CCCN(Cc2ccc(CNCc3ccccn3)cc2)C2CCCc3cccnc32)cc1. The fourth-order valence-corrected chi connectivity index (χ4v) is 5.25. The lowest BCUT2D eigenvalue weighted by molar-refractivity contribution is 0.164. The summed E-state index contributed by atoms with van der Waals surface area (Å²) in [6, 6.07) is 30.8. The lowest BCUT2D eigenvalue weighted by Gasteiger charge is -2.35. The van der Waals surface area contributed by atoms with Gasteiger partial charge in [0.15, 0.2) is 0 Å². The van der Waals surface area contributed by atoms with Crippen LogP contribution in [0.15, 0.2) is 97.3 Å². The van der Waals surface area contributed by atoms with Crippen molar-refractivity contribution in [3.8, 4) is 0 Å². The number of rotatable bonds is 11. The van der Waals surface area contributed by atoms with Crippen molar-refractivity contribution in [2.24, 2.45) is 0 Å². The fraction of sp³-hybridized carbons (Fsp3) is 0.312. The Kier molecular flexibility index (Phi) is 8.50. The molecule has 1 aliphatic rings. The number of benzene rings is 2. The molecule has 2 aromatic carbocycles. The third kappa shape index (κ3) is 6.66. The van der Waals surface area contributed by atoms with Gasteiger partial charge < -0.3 is 5.32 Å². The molecule has 0 saturated carbocycles. The van der Waals surface area contributed by atoms with Gasteiger partial charge in [-0.25, -0.2) is 0 Å². The Morgan fingerprint density at radius 3 is 2.39 bits per heavy atom. The topological polar surface area (TPSA) is 41.0 Å². The van der Waals surface area contributed by atoms with Gasteiger partial charge in [-0.05, 0) is 79.1 Å². The van der Waals surface area contributed by atoms with Gasteiger partial charge in [-0.3, -0.25) is 14.9 Å². The molecule has 2 aromatic heterocycles. The molecule has 1 atom stereocenters. The van der Waals surface area contributed by atoms with E-state index in [1.807, 2.05) is 24.5 Å². The summed E-state index contributed by atoms with van der Waals surface area (Å²) in [6.07, 6.45) is 9.64. The largest absolute Gasteiger partial charge is 0.307 e.